The molecule has 1 aromatic carbocycles. The summed E-state index contributed by atoms with van der Waals surface area (Å²) < 4.78 is 12.9. The topological polar surface area (TPSA) is 17.1 Å². The van der Waals surface area contributed by atoms with Crippen molar-refractivity contribution in [2.75, 3.05) is 0 Å². The van der Waals surface area contributed by atoms with E-state index >= 15 is 0 Å². The second-order valence-electron chi connectivity index (χ2n) is 2.70. The van der Waals surface area contributed by atoms with E-state index in [-0.39, 0.29) is 11.5 Å². The summed E-state index contributed by atoms with van der Waals surface area (Å²) in [5.41, 5.74) is 0.939. The van der Waals surface area contributed by atoms with Gasteiger partial charge < -0.3 is 0 Å². The van der Waals surface area contributed by atoms with Crippen molar-refractivity contribution in [3.05, 3.63) is 29.8 Å². The number of benzene rings is 1. The number of rotatable bonds is 0. The lowest BCUT2D eigenvalue weighted by Crippen LogP contribution is -2.19. The van der Waals surface area contributed by atoms with E-state index in [2.05, 4.69) is 0 Å². The molecule has 1 nitrogen and oxygen atoms in total. The quantitative estimate of drug-likeness (QED) is 0.611. The zero-order valence-electron chi connectivity index (χ0n) is 6.29. The standard InChI is InChI=1S/C9H7FOS/c10-7-5-6-3-1-2-4-8(6)12-9(7)11/h1-4,7H,5H2. The second kappa shape index (κ2) is 2.90. The van der Waals surface area contributed by atoms with Crippen LogP contribution in [0.15, 0.2) is 29.2 Å². The molecule has 1 aliphatic heterocycles. The van der Waals surface area contributed by atoms with Crippen LogP contribution >= 0.6 is 11.8 Å². The highest BCUT2D eigenvalue weighted by Gasteiger charge is 2.26. The van der Waals surface area contributed by atoms with Gasteiger partial charge in [0.2, 0.25) is 5.12 Å². The van der Waals surface area contributed by atoms with Crippen molar-refractivity contribution in [2.45, 2.75) is 17.5 Å². The molecule has 1 atom stereocenters. The Morgan fingerprint density at radius 1 is 1.42 bits per heavy atom. The van der Waals surface area contributed by atoms with Crippen molar-refractivity contribution in [1.82, 2.24) is 0 Å². The van der Waals surface area contributed by atoms with Crippen LogP contribution in [0.1, 0.15) is 5.56 Å². The van der Waals surface area contributed by atoms with Crippen molar-refractivity contribution >= 4 is 16.9 Å². The molecule has 0 aliphatic carbocycles. The van der Waals surface area contributed by atoms with E-state index in [4.69, 9.17) is 0 Å². The van der Waals surface area contributed by atoms with Gasteiger partial charge in [0.25, 0.3) is 0 Å². The molecule has 0 saturated heterocycles. The Hall–Kier alpha value is -0.830. The number of thioether (sulfide) groups is 1. The van der Waals surface area contributed by atoms with Crippen LogP contribution in [-0.4, -0.2) is 11.3 Å². The van der Waals surface area contributed by atoms with E-state index in [0.717, 1.165) is 22.2 Å². The van der Waals surface area contributed by atoms with Crippen LogP contribution < -0.4 is 0 Å². The molecule has 0 spiro atoms. The Morgan fingerprint density at radius 2 is 2.17 bits per heavy atom. The van der Waals surface area contributed by atoms with Crippen molar-refractivity contribution < 1.29 is 9.18 Å². The number of fused-ring (bicyclic) bond motifs is 1. The first kappa shape index (κ1) is 7.80. The average Bonchev–Trinajstić information content (AvgIpc) is 2.07. The number of hydrogen-bond acceptors (Lipinski definition) is 2. The molecule has 0 N–H and O–H groups in total. The third-order valence-electron chi connectivity index (χ3n) is 1.84. The van der Waals surface area contributed by atoms with Gasteiger partial charge in [0.1, 0.15) is 0 Å². The number of halogens is 1. The van der Waals surface area contributed by atoms with Crippen LogP contribution in [0, 0.1) is 0 Å². The van der Waals surface area contributed by atoms with Crippen LogP contribution in [0.5, 0.6) is 0 Å². The summed E-state index contributed by atoms with van der Waals surface area (Å²) in [4.78, 5) is 11.8. The highest BCUT2D eigenvalue weighted by Crippen LogP contribution is 2.31. The minimum Gasteiger partial charge on any atom is -0.283 e. The van der Waals surface area contributed by atoms with Gasteiger partial charge in [0.15, 0.2) is 6.17 Å². The molecule has 1 aromatic rings. The first-order chi connectivity index (χ1) is 5.77. The molecule has 62 valence electrons. The highest BCUT2D eigenvalue weighted by molar-refractivity contribution is 8.13. The summed E-state index contributed by atoms with van der Waals surface area (Å²) in [5, 5.41) is -0.367. The van der Waals surface area contributed by atoms with E-state index in [1.54, 1.807) is 0 Å². The van der Waals surface area contributed by atoms with Crippen molar-refractivity contribution in [2.24, 2.45) is 0 Å². The number of carbonyl (C=O) groups is 1. The van der Waals surface area contributed by atoms with Gasteiger partial charge in [0.05, 0.1) is 0 Å². The molecule has 3 heteroatoms. The average molecular weight is 182 g/mol. The second-order valence-corrected chi connectivity index (χ2v) is 3.75. The van der Waals surface area contributed by atoms with Crippen LogP contribution in [0.3, 0.4) is 0 Å². The lowest BCUT2D eigenvalue weighted by atomic mass is 10.1. The maximum absolute atomic E-state index is 12.9. The van der Waals surface area contributed by atoms with Gasteiger partial charge in [-0.3, -0.25) is 4.79 Å². The SMILES string of the molecule is O=C1Sc2ccccc2CC1F. The molecular formula is C9H7FOS. The Morgan fingerprint density at radius 3 is 3.00 bits per heavy atom. The van der Waals surface area contributed by atoms with Gasteiger partial charge in [-0.25, -0.2) is 4.39 Å². The maximum Gasteiger partial charge on any atom is 0.228 e. The lowest BCUT2D eigenvalue weighted by molar-refractivity contribution is -0.115. The van der Waals surface area contributed by atoms with Gasteiger partial charge in [-0.2, -0.15) is 0 Å². The smallest absolute Gasteiger partial charge is 0.228 e. The summed E-state index contributed by atoms with van der Waals surface area (Å²) in [5.74, 6) is 0. The fraction of sp³-hybridized carbons (Fsp3) is 0.222. The fourth-order valence-corrected chi connectivity index (χ4v) is 2.08. The van der Waals surface area contributed by atoms with Gasteiger partial charge in [0, 0.05) is 11.3 Å². The first-order valence-electron chi connectivity index (χ1n) is 3.71. The minimum absolute atomic E-state index is 0.238. The van der Waals surface area contributed by atoms with Gasteiger partial charge in [-0.05, 0) is 23.4 Å². The highest BCUT2D eigenvalue weighted by atomic mass is 32.2. The third-order valence-corrected chi connectivity index (χ3v) is 2.91. The molecule has 1 heterocycles. The number of alkyl halides is 1. The van der Waals surface area contributed by atoms with E-state index in [0.29, 0.717) is 0 Å². The molecule has 1 aliphatic rings. The lowest BCUT2D eigenvalue weighted by Gasteiger charge is -2.16. The summed E-state index contributed by atoms with van der Waals surface area (Å²) >= 11 is 1.01. The zero-order chi connectivity index (χ0) is 8.55. The van der Waals surface area contributed by atoms with Crippen LogP contribution in [0.25, 0.3) is 0 Å². The molecule has 0 amide bonds. The van der Waals surface area contributed by atoms with Crippen molar-refractivity contribution in [1.29, 1.82) is 0 Å². The fourth-order valence-electron chi connectivity index (χ4n) is 1.22. The predicted octanol–water partition coefficient (Wildman–Crippen LogP) is 2.20. The number of hydrogen-bond donors (Lipinski definition) is 0. The van der Waals surface area contributed by atoms with Gasteiger partial charge >= 0.3 is 0 Å². The van der Waals surface area contributed by atoms with E-state index < -0.39 is 6.17 Å². The summed E-state index contributed by atoms with van der Waals surface area (Å²) in [7, 11) is 0. The van der Waals surface area contributed by atoms with Crippen LogP contribution in [0.2, 0.25) is 0 Å². The molecular weight excluding hydrogens is 175 g/mol. The molecule has 0 radical (unpaired) electrons. The van der Waals surface area contributed by atoms with Gasteiger partial charge in [-0.1, -0.05) is 18.2 Å². The molecule has 1 unspecified atom stereocenters. The van der Waals surface area contributed by atoms with Crippen LogP contribution in [0.4, 0.5) is 4.39 Å². The summed E-state index contributed by atoms with van der Waals surface area (Å²) in [6.07, 6.45) is -1.08. The molecule has 2 rings (SSSR count). The van der Waals surface area contributed by atoms with E-state index in [1.807, 2.05) is 24.3 Å². The predicted molar refractivity (Wildman–Crippen MR) is 45.9 cm³/mol. The zero-order valence-corrected chi connectivity index (χ0v) is 7.10. The molecule has 0 bridgehead atoms. The maximum atomic E-state index is 12.9. The van der Waals surface area contributed by atoms with Crippen LogP contribution in [-0.2, 0) is 11.2 Å². The first-order valence-corrected chi connectivity index (χ1v) is 4.52. The minimum atomic E-state index is -1.31. The van der Waals surface area contributed by atoms with Crippen molar-refractivity contribution in [3.63, 3.8) is 0 Å². The Bertz CT molecular complexity index is 324. The third kappa shape index (κ3) is 1.25. The Kier molecular flexibility index (Phi) is 1.89. The summed E-state index contributed by atoms with van der Waals surface area (Å²) in [6.45, 7) is 0. The number of carbonyl (C=O) groups excluding carboxylic acids is 1. The van der Waals surface area contributed by atoms with E-state index in [9.17, 15) is 9.18 Å². The largest absolute Gasteiger partial charge is 0.283 e. The molecule has 0 saturated carbocycles. The van der Waals surface area contributed by atoms with Gasteiger partial charge in [-0.15, -0.1) is 0 Å². The molecule has 0 fully saturated rings. The molecule has 12 heavy (non-hydrogen) atoms. The van der Waals surface area contributed by atoms with E-state index in [1.165, 1.54) is 0 Å². The normalized spacial score (nSPS) is 22.1. The Labute approximate surface area is 74.0 Å². The molecule has 0 aromatic heterocycles. The summed E-state index contributed by atoms with van der Waals surface area (Å²) in [6, 6.07) is 7.44. The monoisotopic (exact) mass is 182 g/mol. The van der Waals surface area contributed by atoms with Crippen molar-refractivity contribution in [3.8, 4) is 0 Å². The Balaban J connectivity index is 2.40.